The van der Waals surface area contributed by atoms with Crippen molar-refractivity contribution in [3.05, 3.63) is 29.8 Å². The monoisotopic (exact) mass is 555 g/mol. The van der Waals surface area contributed by atoms with E-state index in [0.717, 1.165) is 37.9 Å². The number of aryl methyl sites for hydroxylation is 1. The molecule has 0 radical (unpaired) electrons. The number of carbonyl (C=O) groups excluding carboxylic acids is 2. The number of guanidine groups is 1. The number of likely N-dealkylation sites (tertiary alicyclic amines) is 1. The smallest absolute Gasteiger partial charge is 0.246 e. The van der Waals surface area contributed by atoms with E-state index in [1.54, 1.807) is 0 Å². The van der Waals surface area contributed by atoms with Gasteiger partial charge in [0.1, 0.15) is 6.54 Å². The van der Waals surface area contributed by atoms with Crippen LogP contribution in [-0.2, 0) is 16.0 Å². The number of benzene rings is 1. The summed E-state index contributed by atoms with van der Waals surface area (Å²) >= 11 is 0. The van der Waals surface area contributed by atoms with Gasteiger partial charge in [-0.1, -0.05) is 38.3 Å². The van der Waals surface area contributed by atoms with Crippen LogP contribution in [0.15, 0.2) is 29.3 Å². The summed E-state index contributed by atoms with van der Waals surface area (Å²) in [5, 5.41) is 9.53. The molecule has 2 amide bonds. The fourth-order valence-corrected chi connectivity index (χ4v) is 4.42. The number of hydrogen-bond donors (Lipinski definition) is 3. The van der Waals surface area contributed by atoms with Gasteiger partial charge in [-0.2, -0.15) is 0 Å². The Hall–Kier alpha value is -1.84. The first-order valence-corrected chi connectivity index (χ1v) is 11.8. The Morgan fingerprint density at radius 3 is 2.62 bits per heavy atom. The van der Waals surface area contributed by atoms with Crippen molar-refractivity contribution in [1.82, 2.24) is 15.5 Å². The van der Waals surface area contributed by atoms with E-state index in [1.807, 2.05) is 36.1 Å². The predicted octanol–water partition coefficient (Wildman–Crippen LogP) is 3.54. The number of hydrogen-bond acceptors (Lipinski definition) is 3. The van der Waals surface area contributed by atoms with Crippen molar-refractivity contribution in [2.45, 2.75) is 64.8 Å². The molecule has 1 saturated heterocycles. The molecule has 7 nitrogen and oxygen atoms in total. The zero-order valence-electron chi connectivity index (χ0n) is 19.4. The highest BCUT2D eigenvalue weighted by Gasteiger charge is 2.31. The Bertz CT molecular complexity index is 779. The third-order valence-electron chi connectivity index (χ3n) is 6.14. The Labute approximate surface area is 209 Å². The Kier molecular flexibility index (Phi) is 11.3. The number of rotatable bonds is 7. The van der Waals surface area contributed by atoms with Gasteiger partial charge in [0.05, 0.1) is 0 Å². The number of nitrogens with zero attached hydrogens (tertiary/aromatic N) is 2. The summed E-state index contributed by atoms with van der Waals surface area (Å²) in [6.45, 7) is 6.34. The minimum atomic E-state index is -0.147. The molecule has 1 aromatic rings. The SMILES string of the molecule is CCNC(=NCC(=O)Nc1cccc(CC)c1)NC1CCN(C(=O)C2CCCCC2)C1.I. The van der Waals surface area contributed by atoms with Crippen LogP contribution in [-0.4, -0.2) is 54.9 Å². The van der Waals surface area contributed by atoms with Crippen LogP contribution in [0.1, 0.15) is 57.9 Å². The number of amides is 2. The number of nitrogens with one attached hydrogen (secondary N) is 3. The van der Waals surface area contributed by atoms with Crippen LogP contribution in [0.3, 0.4) is 0 Å². The summed E-state index contributed by atoms with van der Waals surface area (Å²) in [5.74, 6) is 1.01. The second-order valence-electron chi connectivity index (χ2n) is 8.55. The molecule has 3 rings (SSSR count). The van der Waals surface area contributed by atoms with Crippen molar-refractivity contribution in [2.75, 3.05) is 31.5 Å². The van der Waals surface area contributed by atoms with Gasteiger partial charge < -0.3 is 20.9 Å². The topological polar surface area (TPSA) is 85.8 Å². The molecule has 0 aromatic heterocycles. The largest absolute Gasteiger partial charge is 0.357 e. The van der Waals surface area contributed by atoms with Crippen molar-refractivity contribution >= 4 is 47.4 Å². The van der Waals surface area contributed by atoms with Gasteiger partial charge >= 0.3 is 0 Å². The molecule has 1 saturated carbocycles. The lowest BCUT2D eigenvalue weighted by Gasteiger charge is -2.26. The van der Waals surface area contributed by atoms with Crippen LogP contribution in [0, 0.1) is 5.92 Å². The zero-order valence-corrected chi connectivity index (χ0v) is 21.7. The molecule has 1 atom stereocenters. The lowest BCUT2D eigenvalue weighted by Crippen LogP contribution is -2.46. The summed E-state index contributed by atoms with van der Waals surface area (Å²) in [5.41, 5.74) is 1.98. The summed E-state index contributed by atoms with van der Waals surface area (Å²) < 4.78 is 0. The van der Waals surface area contributed by atoms with Crippen LogP contribution in [0.4, 0.5) is 5.69 Å². The van der Waals surface area contributed by atoms with Crippen LogP contribution in [0.5, 0.6) is 0 Å². The first-order valence-electron chi connectivity index (χ1n) is 11.8. The Balaban J connectivity index is 0.00000363. The second kappa shape index (κ2) is 13.6. The van der Waals surface area contributed by atoms with E-state index in [2.05, 4.69) is 27.9 Å². The van der Waals surface area contributed by atoms with E-state index in [1.165, 1.54) is 24.8 Å². The Morgan fingerprint density at radius 2 is 1.91 bits per heavy atom. The van der Waals surface area contributed by atoms with E-state index >= 15 is 0 Å². The standard InChI is InChI=1S/C24H37N5O2.HI/c1-3-18-9-8-12-20(15-18)27-22(30)16-26-24(25-4-2)28-21-13-14-29(17-21)23(31)19-10-6-5-7-11-19;/h8-9,12,15,19,21H,3-7,10-11,13-14,16-17H2,1-2H3,(H,27,30)(H2,25,26,28);1H. The number of carbonyl (C=O) groups is 2. The molecule has 2 fully saturated rings. The van der Waals surface area contributed by atoms with Gasteiger partial charge in [0.2, 0.25) is 11.8 Å². The van der Waals surface area contributed by atoms with Crippen LogP contribution >= 0.6 is 24.0 Å². The maximum atomic E-state index is 12.8. The molecule has 1 heterocycles. The summed E-state index contributed by atoms with van der Waals surface area (Å²) in [6, 6.07) is 8.03. The molecule has 2 aliphatic rings. The van der Waals surface area contributed by atoms with Crippen molar-refractivity contribution in [2.24, 2.45) is 10.9 Å². The van der Waals surface area contributed by atoms with Gasteiger partial charge in [0, 0.05) is 37.3 Å². The zero-order chi connectivity index (χ0) is 22.1. The van der Waals surface area contributed by atoms with Crippen LogP contribution in [0.25, 0.3) is 0 Å². The van der Waals surface area contributed by atoms with Crippen molar-refractivity contribution < 1.29 is 9.59 Å². The molecule has 1 unspecified atom stereocenters. The maximum Gasteiger partial charge on any atom is 0.246 e. The predicted molar refractivity (Wildman–Crippen MR) is 141 cm³/mol. The molecule has 3 N–H and O–H groups in total. The summed E-state index contributed by atoms with van der Waals surface area (Å²) in [4.78, 5) is 31.6. The van der Waals surface area contributed by atoms with E-state index in [4.69, 9.17) is 0 Å². The molecule has 1 aromatic carbocycles. The summed E-state index contributed by atoms with van der Waals surface area (Å²) in [6.07, 6.45) is 7.51. The van der Waals surface area contributed by atoms with Gasteiger partial charge in [0.25, 0.3) is 0 Å². The average molecular weight is 556 g/mol. The molecule has 0 spiro atoms. The molecule has 1 aliphatic heterocycles. The molecular formula is C24H38IN5O2. The van der Waals surface area contributed by atoms with Gasteiger partial charge in [-0.25, -0.2) is 4.99 Å². The van der Waals surface area contributed by atoms with Gasteiger partial charge in [-0.05, 0) is 50.3 Å². The molecule has 8 heteroatoms. The number of anilines is 1. The van der Waals surface area contributed by atoms with Gasteiger partial charge in [-0.3, -0.25) is 9.59 Å². The van der Waals surface area contributed by atoms with E-state index in [9.17, 15) is 9.59 Å². The first-order chi connectivity index (χ1) is 15.1. The maximum absolute atomic E-state index is 12.8. The summed E-state index contributed by atoms with van der Waals surface area (Å²) in [7, 11) is 0. The highest BCUT2D eigenvalue weighted by Crippen LogP contribution is 2.26. The van der Waals surface area contributed by atoms with E-state index in [-0.39, 0.29) is 48.4 Å². The van der Waals surface area contributed by atoms with Crippen molar-refractivity contribution in [3.63, 3.8) is 0 Å². The second-order valence-corrected chi connectivity index (χ2v) is 8.55. The molecule has 32 heavy (non-hydrogen) atoms. The minimum absolute atomic E-state index is 0. The molecule has 0 bridgehead atoms. The minimum Gasteiger partial charge on any atom is -0.357 e. The van der Waals surface area contributed by atoms with E-state index < -0.39 is 0 Å². The average Bonchev–Trinajstić information content (AvgIpc) is 3.26. The fraction of sp³-hybridized carbons (Fsp3) is 0.625. The third-order valence-corrected chi connectivity index (χ3v) is 6.14. The lowest BCUT2D eigenvalue weighted by atomic mass is 9.88. The quantitative estimate of drug-likeness (QED) is 0.273. The highest BCUT2D eigenvalue weighted by atomic mass is 127. The molecule has 1 aliphatic carbocycles. The third kappa shape index (κ3) is 7.94. The van der Waals surface area contributed by atoms with Crippen LogP contribution in [0.2, 0.25) is 0 Å². The fourth-order valence-electron chi connectivity index (χ4n) is 4.42. The van der Waals surface area contributed by atoms with Crippen LogP contribution < -0.4 is 16.0 Å². The van der Waals surface area contributed by atoms with E-state index in [0.29, 0.717) is 25.0 Å². The molecular weight excluding hydrogens is 517 g/mol. The normalized spacial score (nSPS) is 19.2. The lowest BCUT2D eigenvalue weighted by molar-refractivity contribution is -0.135. The molecule has 178 valence electrons. The Morgan fingerprint density at radius 1 is 1.12 bits per heavy atom. The van der Waals surface area contributed by atoms with Gasteiger partial charge in [0.15, 0.2) is 5.96 Å². The van der Waals surface area contributed by atoms with Crippen molar-refractivity contribution in [3.8, 4) is 0 Å². The number of aliphatic imine (C=N–C) groups is 1. The first kappa shape index (κ1) is 26.4. The number of halogens is 1. The van der Waals surface area contributed by atoms with Gasteiger partial charge in [-0.15, -0.1) is 24.0 Å². The van der Waals surface area contributed by atoms with Crippen molar-refractivity contribution in [1.29, 1.82) is 0 Å². The highest BCUT2D eigenvalue weighted by molar-refractivity contribution is 14.0.